The van der Waals surface area contributed by atoms with E-state index in [0.29, 0.717) is 5.75 Å². The summed E-state index contributed by atoms with van der Waals surface area (Å²) < 4.78 is 1.87. The summed E-state index contributed by atoms with van der Waals surface area (Å²) in [7, 11) is 0. The quantitative estimate of drug-likeness (QED) is 0.580. The summed E-state index contributed by atoms with van der Waals surface area (Å²) in [6.45, 7) is 0. The standard InChI is InChI=1S/C8H7NO/c10-8-4-6-9-5-2-1-3-7(8)9/h1-6,10H. The van der Waals surface area contributed by atoms with Gasteiger partial charge in [0.25, 0.3) is 0 Å². The molecule has 0 amide bonds. The lowest BCUT2D eigenvalue weighted by Crippen LogP contribution is -1.76. The molecule has 2 nitrogen and oxygen atoms in total. The molecule has 0 aliphatic carbocycles. The predicted molar refractivity (Wildman–Crippen MR) is 39.1 cm³/mol. The highest BCUT2D eigenvalue weighted by atomic mass is 16.3. The van der Waals surface area contributed by atoms with E-state index in [2.05, 4.69) is 0 Å². The van der Waals surface area contributed by atoms with Crippen LogP contribution >= 0.6 is 0 Å². The molecule has 2 rings (SSSR count). The predicted octanol–water partition coefficient (Wildman–Crippen LogP) is 1.64. The number of nitrogens with zero attached hydrogens (tertiary/aromatic N) is 1. The fourth-order valence-electron chi connectivity index (χ4n) is 1.04. The number of fused-ring (bicyclic) bond motifs is 1. The summed E-state index contributed by atoms with van der Waals surface area (Å²) >= 11 is 0. The van der Waals surface area contributed by atoms with E-state index in [-0.39, 0.29) is 0 Å². The van der Waals surface area contributed by atoms with Crippen molar-refractivity contribution in [1.82, 2.24) is 4.40 Å². The molecule has 2 aromatic heterocycles. The van der Waals surface area contributed by atoms with E-state index < -0.39 is 0 Å². The average Bonchev–Trinajstić information content (AvgIpc) is 2.34. The van der Waals surface area contributed by atoms with Crippen LogP contribution in [0.1, 0.15) is 0 Å². The summed E-state index contributed by atoms with van der Waals surface area (Å²) in [6, 6.07) is 7.37. The second-order valence-corrected chi connectivity index (χ2v) is 2.19. The smallest absolute Gasteiger partial charge is 0.141 e. The third kappa shape index (κ3) is 0.589. The van der Waals surface area contributed by atoms with Gasteiger partial charge in [0.15, 0.2) is 0 Å². The molecule has 2 heterocycles. The van der Waals surface area contributed by atoms with E-state index in [1.54, 1.807) is 6.07 Å². The Labute approximate surface area is 58.3 Å². The fraction of sp³-hybridized carbons (Fsp3) is 0. The van der Waals surface area contributed by atoms with Crippen molar-refractivity contribution in [3.63, 3.8) is 0 Å². The van der Waals surface area contributed by atoms with Crippen molar-refractivity contribution in [3.8, 4) is 5.75 Å². The largest absolute Gasteiger partial charge is 0.506 e. The van der Waals surface area contributed by atoms with Crippen LogP contribution in [-0.4, -0.2) is 9.51 Å². The Morgan fingerprint density at radius 3 is 2.80 bits per heavy atom. The van der Waals surface area contributed by atoms with E-state index >= 15 is 0 Å². The fourth-order valence-corrected chi connectivity index (χ4v) is 1.04. The van der Waals surface area contributed by atoms with E-state index in [9.17, 15) is 5.11 Å². The van der Waals surface area contributed by atoms with Crippen molar-refractivity contribution in [2.24, 2.45) is 0 Å². The molecule has 0 saturated carbocycles. The summed E-state index contributed by atoms with van der Waals surface area (Å²) in [5, 5.41) is 9.19. The minimum atomic E-state index is 0.334. The van der Waals surface area contributed by atoms with Crippen LogP contribution in [0.15, 0.2) is 36.7 Å². The van der Waals surface area contributed by atoms with Gasteiger partial charge < -0.3 is 9.51 Å². The third-order valence-electron chi connectivity index (χ3n) is 1.55. The Hall–Kier alpha value is -1.44. The Balaban J connectivity index is 2.93. The minimum absolute atomic E-state index is 0.334. The van der Waals surface area contributed by atoms with Crippen LogP contribution in [0, 0.1) is 0 Å². The van der Waals surface area contributed by atoms with Gasteiger partial charge in [0.2, 0.25) is 0 Å². The first-order chi connectivity index (χ1) is 4.88. The molecule has 0 unspecified atom stereocenters. The maximum Gasteiger partial charge on any atom is 0.141 e. The van der Waals surface area contributed by atoms with Gasteiger partial charge in [-0.25, -0.2) is 0 Å². The number of aromatic nitrogens is 1. The van der Waals surface area contributed by atoms with Gasteiger partial charge in [0.1, 0.15) is 5.75 Å². The van der Waals surface area contributed by atoms with E-state index in [4.69, 9.17) is 0 Å². The van der Waals surface area contributed by atoms with Crippen molar-refractivity contribution in [2.75, 3.05) is 0 Å². The number of hydrogen-bond donors (Lipinski definition) is 1. The molecule has 0 aliphatic rings. The molecule has 0 spiro atoms. The SMILES string of the molecule is Oc1ccn2ccccc12. The molecular weight excluding hydrogens is 126 g/mol. The van der Waals surface area contributed by atoms with Crippen LogP contribution in [0.5, 0.6) is 5.75 Å². The van der Waals surface area contributed by atoms with Gasteiger partial charge in [-0.15, -0.1) is 0 Å². The summed E-state index contributed by atoms with van der Waals surface area (Å²) in [4.78, 5) is 0. The lowest BCUT2D eigenvalue weighted by atomic mass is 10.4. The van der Waals surface area contributed by atoms with E-state index in [0.717, 1.165) is 5.52 Å². The molecule has 0 bridgehead atoms. The molecule has 2 aromatic rings. The second kappa shape index (κ2) is 1.77. The molecule has 0 aromatic carbocycles. The van der Waals surface area contributed by atoms with Gasteiger partial charge in [-0.2, -0.15) is 0 Å². The maximum atomic E-state index is 9.19. The number of rotatable bonds is 0. The van der Waals surface area contributed by atoms with Crippen molar-refractivity contribution < 1.29 is 5.11 Å². The Morgan fingerprint density at radius 1 is 1.10 bits per heavy atom. The topological polar surface area (TPSA) is 24.6 Å². The van der Waals surface area contributed by atoms with Gasteiger partial charge in [-0.05, 0) is 18.2 Å². The molecule has 0 fully saturated rings. The van der Waals surface area contributed by atoms with Gasteiger partial charge in [-0.3, -0.25) is 0 Å². The Morgan fingerprint density at radius 2 is 2.00 bits per heavy atom. The zero-order chi connectivity index (χ0) is 6.97. The highest BCUT2D eigenvalue weighted by molar-refractivity contribution is 5.59. The van der Waals surface area contributed by atoms with Crippen LogP contribution in [0.3, 0.4) is 0 Å². The number of pyridine rings is 1. The van der Waals surface area contributed by atoms with Crippen LogP contribution < -0.4 is 0 Å². The Kier molecular flexibility index (Phi) is 0.947. The van der Waals surface area contributed by atoms with Crippen molar-refractivity contribution in [1.29, 1.82) is 0 Å². The summed E-state index contributed by atoms with van der Waals surface area (Å²) in [5.74, 6) is 0.334. The van der Waals surface area contributed by atoms with Crippen LogP contribution in [0.4, 0.5) is 0 Å². The van der Waals surface area contributed by atoms with Crippen molar-refractivity contribution in [3.05, 3.63) is 36.7 Å². The van der Waals surface area contributed by atoms with E-state index in [1.165, 1.54) is 0 Å². The molecule has 2 heteroatoms. The molecule has 0 atom stereocenters. The molecule has 50 valence electrons. The van der Waals surface area contributed by atoms with Crippen LogP contribution in [-0.2, 0) is 0 Å². The summed E-state index contributed by atoms with van der Waals surface area (Å²) in [6.07, 6.45) is 3.72. The summed E-state index contributed by atoms with van der Waals surface area (Å²) in [5.41, 5.74) is 0.850. The van der Waals surface area contributed by atoms with Crippen molar-refractivity contribution in [2.45, 2.75) is 0 Å². The van der Waals surface area contributed by atoms with Gasteiger partial charge in [0, 0.05) is 12.4 Å². The Bertz CT molecular complexity index is 351. The lowest BCUT2D eigenvalue weighted by Gasteiger charge is -1.90. The van der Waals surface area contributed by atoms with E-state index in [1.807, 2.05) is 35.0 Å². The van der Waals surface area contributed by atoms with Gasteiger partial charge in [-0.1, -0.05) is 6.07 Å². The monoisotopic (exact) mass is 133 g/mol. The first-order valence-corrected chi connectivity index (χ1v) is 3.12. The van der Waals surface area contributed by atoms with Crippen LogP contribution in [0.25, 0.3) is 5.52 Å². The van der Waals surface area contributed by atoms with Crippen LogP contribution in [0.2, 0.25) is 0 Å². The minimum Gasteiger partial charge on any atom is -0.506 e. The highest BCUT2D eigenvalue weighted by Crippen LogP contribution is 2.17. The molecule has 1 N–H and O–H groups in total. The first-order valence-electron chi connectivity index (χ1n) is 3.12. The molecule has 0 radical (unpaired) electrons. The first kappa shape index (κ1) is 5.35. The highest BCUT2D eigenvalue weighted by Gasteiger charge is 1.95. The molecule has 0 saturated heterocycles. The number of hydrogen-bond acceptors (Lipinski definition) is 1. The lowest BCUT2D eigenvalue weighted by molar-refractivity contribution is 0.482. The normalized spacial score (nSPS) is 10.4. The third-order valence-corrected chi connectivity index (χ3v) is 1.55. The second-order valence-electron chi connectivity index (χ2n) is 2.19. The zero-order valence-corrected chi connectivity index (χ0v) is 5.36. The molecule has 10 heavy (non-hydrogen) atoms. The number of aromatic hydroxyl groups is 1. The zero-order valence-electron chi connectivity index (χ0n) is 5.36. The molecule has 0 aliphatic heterocycles. The van der Waals surface area contributed by atoms with Crippen molar-refractivity contribution >= 4 is 5.52 Å². The maximum absolute atomic E-state index is 9.19. The average molecular weight is 133 g/mol. The molecular formula is C8H7NO. The van der Waals surface area contributed by atoms with Gasteiger partial charge >= 0.3 is 0 Å². The van der Waals surface area contributed by atoms with Gasteiger partial charge in [0.05, 0.1) is 5.52 Å².